The van der Waals surface area contributed by atoms with Gasteiger partial charge in [-0.3, -0.25) is 0 Å². The van der Waals surface area contributed by atoms with Gasteiger partial charge < -0.3 is 15.2 Å². The van der Waals surface area contributed by atoms with E-state index in [0.29, 0.717) is 5.92 Å². The molecule has 2 N–H and O–H groups in total. The van der Waals surface area contributed by atoms with E-state index in [1.807, 2.05) is 0 Å². The second-order valence-corrected chi connectivity index (χ2v) is 4.85. The highest BCUT2D eigenvalue weighted by molar-refractivity contribution is 4.99. The van der Waals surface area contributed by atoms with E-state index in [1.54, 1.807) is 0 Å². The molecule has 0 spiro atoms. The van der Waals surface area contributed by atoms with Crippen LogP contribution in [0.25, 0.3) is 0 Å². The van der Waals surface area contributed by atoms with Gasteiger partial charge in [-0.05, 0) is 26.2 Å². The van der Waals surface area contributed by atoms with Crippen molar-refractivity contribution in [1.29, 1.82) is 0 Å². The largest absolute Gasteiger partial charge is 0.381 e. The van der Waals surface area contributed by atoms with Gasteiger partial charge in [-0.1, -0.05) is 12.8 Å². The lowest BCUT2D eigenvalue weighted by molar-refractivity contribution is -0.0657. The predicted molar refractivity (Wildman–Crippen MR) is 59.7 cm³/mol. The standard InChI is InChI=1S/C12H23NO2/c1-2-15-12(6-3-4-7-12)11(13)10-5-8-14-9-10/h10-11H,2-9,13H2,1H3. The molecular weight excluding hydrogens is 190 g/mol. The second-order valence-electron chi connectivity index (χ2n) is 4.85. The molecule has 0 aromatic heterocycles. The molecule has 2 unspecified atom stereocenters. The van der Waals surface area contributed by atoms with Crippen molar-refractivity contribution < 1.29 is 9.47 Å². The normalized spacial score (nSPS) is 32.0. The number of ether oxygens (including phenoxy) is 2. The van der Waals surface area contributed by atoms with Crippen molar-refractivity contribution >= 4 is 0 Å². The quantitative estimate of drug-likeness (QED) is 0.773. The Morgan fingerprint density at radius 3 is 2.73 bits per heavy atom. The molecule has 1 saturated carbocycles. The molecule has 88 valence electrons. The zero-order valence-electron chi connectivity index (χ0n) is 9.71. The van der Waals surface area contributed by atoms with Crippen LogP contribution >= 0.6 is 0 Å². The zero-order chi connectivity index (χ0) is 10.7. The number of hydrogen-bond acceptors (Lipinski definition) is 3. The van der Waals surface area contributed by atoms with Crippen LogP contribution in [0.5, 0.6) is 0 Å². The molecule has 0 aromatic carbocycles. The van der Waals surface area contributed by atoms with E-state index in [9.17, 15) is 0 Å². The van der Waals surface area contributed by atoms with E-state index in [2.05, 4.69) is 6.92 Å². The maximum Gasteiger partial charge on any atom is 0.0836 e. The van der Waals surface area contributed by atoms with Gasteiger partial charge in [-0.2, -0.15) is 0 Å². The van der Waals surface area contributed by atoms with Gasteiger partial charge in [-0.15, -0.1) is 0 Å². The molecule has 0 bridgehead atoms. The lowest BCUT2D eigenvalue weighted by Gasteiger charge is -2.37. The lowest BCUT2D eigenvalue weighted by atomic mass is 9.83. The molecule has 1 heterocycles. The minimum atomic E-state index is -0.0346. The molecule has 3 nitrogen and oxygen atoms in total. The van der Waals surface area contributed by atoms with Crippen LogP contribution < -0.4 is 5.73 Å². The van der Waals surface area contributed by atoms with Crippen molar-refractivity contribution in [3.05, 3.63) is 0 Å². The van der Waals surface area contributed by atoms with Crippen molar-refractivity contribution in [2.75, 3.05) is 19.8 Å². The zero-order valence-corrected chi connectivity index (χ0v) is 9.71. The first-order valence-corrected chi connectivity index (χ1v) is 6.26. The summed E-state index contributed by atoms with van der Waals surface area (Å²) < 4.78 is 11.4. The van der Waals surface area contributed by atoms with Crippen molar-refractivity contribution in [2.45, 2.75) is 50.7 Å². The van der Waals surface area contributed by atoms with E-state index in [0.717, 1.165) is 39.1 Å². The Hall–Kier alpha value is -0.120. The fourth-order valence-corrected chi connectivity index (χ4v) is 3.10. The Morgan fingerprint density at radius 2 is 2.20 bits per heavy atom. The van der Waals surface area contributed by atoms with E-state index >= 15 is 0 Å². The number of rotatable bonds is 4. The maximum atomic E-state index is 6.40. The highest BCUT2D eigenvalue weighted by Gasteiger charge is 2.44. The molecule has 1 saturated heterocycles. The molecule has 3 heteroatoms. The molecule has 0 radical (unpaired) electrons. The van der Waals surface area contributed by atoms with Crippen LogP contribution in [0, 0.1) is 5.92 Å². The molecule has 2 rings (SSSR count). The van der Waals surface area contributed by atoms with Crippen molar-refractivity contribution in [3.63, 3.8) is 0 Å². The summed E-state index contributed by atoms with van der Waals surface area (Å²) in [7, 11) is 0. The SMILES string of the molecule is CCOC1(C(N)C2CCOC2)CCCC1. The number of hydrogen-bond donors (Lipinski definition) is 1. The summed E-state index contributed by atoms with van der Waals surface area (Å²) >= 11 is 0. The van der Waals surface area contributed by atoms with Gasteiger partial charge in [0.15, 0.2) is 0 Å². The van der Waals surface area contributed by atoms with E-state index < -0.39 is 0 Å². The van der Waals surface area contributed by atoms with Gasteiger partial charge in [-0.25, -0.2) is 0 Å². The first kappa shape index (κ1) is 11.4. The van der Waals surface area contributed by atoms with Crippen molar-refractivity contribution in [3.8, 4) is 0 Å². The van der Waals surface area contributed by atoms with Gasteiger partial charge in [0.05, 0.1) is 12.2 Å². The Labute approximate surface area is 92.3 Å². The van der Waals surface area contributed by atoms with Gasteiger partial charge in [0.2, 0.25) is 0 Å². The minimum absolute atomic E-state index is 0.0346. The molecule has 1 aliphatic heterocycles. The molecule has 15 heavy (non-hydrogen) atoms. The van der Waals surface area contributed by atoms with E-state index in [-0.39, 0.29) is 11.6 Å². The van der Waals surface area contributed by atoms with Crippen LogP contribution in [0.15, 0.2) is 0 Å². The summed E-state index contributed by atoms with van der Waals surface area (Å²) in [5, 5.41) is 0. The minimum Gasteiger partial charge on any atom is -0.381 e. The Kier molecular flexibility index (Phi) is 3.65. The third kappa shape index (κ3) is 2.19. The van der Waals surface area contributed by atoms with E-state index in [1.165, 1.54) is 12.8 Å². The lowest BCUT2D eigenvalue weighted by Crippen LogP contribution is -2.52. The van der Waals surface area contributed by atoms with Crippen LogP contribution in [0.3, 0.4) is 0 Å². The van der Waals surface area contributed by atoms with Crippen LogP contribution in [0.1, 0.15) is 39.0 Å². The molecule has 0 aromatic rings. The first-order chi connectivity index (χ1) is 7.28. The average molecular weight is 213 g/mol. The third-order valence-electron chi connectivity index (χ3n) is 3.96. The Bertz CT molecular complexity index is 196. The summed E-state index contributed by atoms with van der Waals surface area (Å²) in [6.07, 6.45) is 5.91. The second kappa shape index (κ2) is 4.81. The average Bonchev–Trinajstić information content (AvgIpc) is 2.88. The summed E-state index contributed by atoms with van der Waals surface area (Å²) in [6.45, 7) is 4.55. The van der Waals surface area contributed by atoms with Gasteiger partial charge >= 0.3 is 0 Å². The monoisotopic (exact) mass is 213 g/mol. The molecular formula is C12H23NO2. The summed E-state index contributed by atoms with van der Waals surface area (Å²) in [5.74, 6) is 0.509. The topological polar surface area (TPSA) is 44.5 Å². The summed E-state index contributed by atoms with van der Waals surface area (Å²) in [4.78, 5) is 0. The van der Waals surface area contributed by atoms with Gasteiger partial charge in [0.1, 0.15) is 0 Å². The maximum absolute atomic E-state index is 6.40. The van der Waals surface area contributed by atoms with Gasteiger partial charge in [0, 0.05) is 25.2 Å². The molecule has 2 aliphatic rings. The fraction of sp³-hybridized carbons (Fsp3) is 1.00. The summed E-state index contributed by atoms with van der Waals surface area (Å²) in [6, 6.07) is 0.169. The molecule has 2 fully saturated rings. The Balaban J connectivity index is 2.02. The smallest absolute Gasteiger partial charge is 0.0836 e. The van der Waals surface area contributed by atoms with Crippen LogP contribution in [0.2, 0.25) is 0 Å². The van der Waals surface area contributed by atoms with Crippen LogP contribution in [0.4, 0.5) is 0 Å². The molecule has 1 aliphatic carbocycles. The first-order valence-electron chi connectivity index (χ1n) is 6.26. The third-order valence-corrected chi connectivity index (χ3v) is 3.96. The summed E-state index contributed by atoms with van der Waals surface area (Å²) in [5.41, 5.74) is 6.37. The van der Waals surface area contributed by atoms with Crippen molar-refractivity contribution in [2.24, 2.45) is 11.7 Å². The van der Waals surface area contributed by atoms with Crippen LogP contribution in [-0.2, 0) is 9.47 Å². The van der Waals surface area contributed by atoms with Gasteiger partial charge in [0.25, 0.3) is 0 Å². The molecule has 0 amide bonds. The Morgan fingerprint density at radius 1 is 1.47 bits per heavy atom. The highest BCUT2D eigenvalue weighted by atomic mass is 16.5. The van der Waals surface area contributed by atoms with Crippen molar-refractivity contribution in [1.82, 2.24) is 0 Å². The fourth-order valence-electron chi connectivity index (χ4n) is 3.10. The number of nitrogens with two attached hydrogens (primary N) is 1. The predicted octanol–water partition coefficient (Wildman–Crippen LogP) is 1.70. The van der Waals surface area contributed by atoms with E-state index in [4.69, 9.17) is 15.2 Å². The van der Waals surface area contributed by atoms with Crippen LogP contribution in [-0.4, -0.2) is 31.5 Å². The molecule has 2 atom stereocenters. The highest BCUT2D eigenvalue weighted by Crippen LogP contribution is 2.39.